The van der Waals surface area contributed by atoms with Gasteiger partial charge in [-0.1, -0.05) is 17.7 Å². The van der Waals surface area contributed by atoms with Gasteiger partial charge >= 0.3 is 0 Å². The number of halogens is 1. The van der Waals surface area contributed by atoms with Crippen LogP contribution < -0.4 is 14.2 Å². The van der Waals surface area contributed by atoms with E-state index in [9.17, 15) is 13.2 Å². The zero-order chi connectivity index (χ0) is 22.6. The number of carbonyl (C=O) groups excluding carboxylic acids is 1. The molecule has 0 spiro atoms. The van der Waals surface area contributed by atoms with Crippen LogP contribution in [-0.2, 0) is 14.6 Å². The molecule has 0 radical (unpaired) electrons. The van der Waals surface area contributed by atoms with E-state index in [1.807, 2.05) is 6.08 Å². The number of amides is 1. The molecule has 1 heterocycles. The van der Waals surface area contributed by atoms with Gasteiger partial charge < -0.3 is 19.1 Å². The van der Waals surface area contributed by atoms with Crippen molar-refractivity contribution in [2.75, 3.05) is 40.2 Å². The normalized spacial score (nSPS) is 14.1. The standard InChI is InChI=1S/C22H24ClNO6S/c1-28-17-12-19(29-2)22(20(13-17)30-3)15-8-10-24(11-9-15)21(25)14-31(26,27)18-6-4-16(23)5-7-18/h4-8,12-13H,9-11,14H2,1-3H3. The number of carbonyl (C=O) groups is 1. The fourth-order valence-corrected chi connectivity index (χ4v) is 4.78. The van der Waals surface area contributed by atoms with E-state index >= 15 is 0 Å². The zero-order valence-corrected chi connectivity index (χ0v) is 19.1. The first-order valence-electron chi connectivity index (χ1n) is 9.54. The Kier molecular flexibility index (Phi) is 7.12. The summed E-state index contributed by atoms with van der Waals surface area (Å²) >= 11 is 5.81. The highest BCUT2D eigenvalue weighted by molar-refractivity contribution is 7.92. The van der Waals surface area contributed by atoms with Crippen molar-refractivity contribution < 1.29 is 27.4 Å². The van der Waals surface area contributed by atoms with Gasteiger partial charge in [-0.3, -0.25) is 4.79 Å². The van der Waals surface area contributed by atoms with Gasteiger partial charge in [0, 0.05) is 30.2 Å². The number of methoxy groups -OCH3 is 3. The van der Waals surface area contributed by atoms with Crippen molar-refractivity contribution in [2.24, 2.45) is 0 Å². The van der Waals surface area contributed by atoms with Crippen LogP contribution in [-0.4, -0.2) is 59.4 Å². The van der Waals surface area contributed by atoms with E-state index in [2.05, 4.69) is 0 Å². The Morgan fingerprint density at radius 2 is 1.65 bits per heavy atom. The van der Waals surface area contributed by atoms with Crippen LogP contribution in [0.3, 0.4) is 0 Å². The van der Waals surface area contributed by atoms with Crippen LogP contribution in [0.1, 0.15) is 12.0 Å². The molecule has 166 valence electrons. The summed E-state index contributed by atoms with van der Waals surface area (Å²) in [5.74, 6) is 0.782. The third-order valence-electron chi connectivity index (χ3n) is 5.08. The molecule has 7 nitrogen and oxygen atoms in total. The summed E-state index contributed by atoms with van der Waals surface area (Å²) in [6.45, 7) is 0.682. The van der Waals surface area contributed by atoms with Crippen LogP contribution in [0.25, 0.3) is 5.57 Å². The molecule has 9 heteroatoms. The van der Waals surface area contributed by atoms with Gasteiger partial charge in [0.05, 0.1) is 31.8 Å². The minimum absolute atomic E-state index is 0.0752. The Morgan fingerprint density at radius 1 is 1.03 bits per heavy atom. The van der Waals surface area contributed by atoms with Gasteiger partial charge in [0.25, 0.3) is 0 Å². The molecule has 3 rings (SSSR count). The van der Waals surface area contributed by atoms with Crippen LogP contribution in [0.2, 0.25) is 5.02 Å². The maximum absolute atomic E-state index is 12.7. The Labute approximate surface area is 187 Å². The Morgan fingerprint density at radius 3 is 2.13 bits per heavy atom. The molecule has 0 atom stereocenters. The van der Waals surface area contributed by atoms with E-state index in [-0.39, 0.29) is 4.90 Å². The van der Waals surface area contributed by atoms with Gasteiger partial charge in [0.2, 0.25) is 5.91 Å². The monoisotopic (exact) mass is 465 g/mol. The molecule has 1 amide bonds. The second-order valence-corrected chi connectivity index (χ2v) is 9.37. The lowest BCUT2D eigenvalue weighted by Gasteiger charge is -2.28. The number of hydrogen-bond acceptors (Lipinski definition) is 6. The average molecular weight is 466 g/mol. The molecule has 0 N–H and O–H groups in total. The lowest BCUT2D eigenvalue weighted by molar-refractivity contribution is -0.128. The van der Waals surface area contributed by atoms with E-state index in [0.717, 1.165) is 11.1 Å². The topological polar surface area (TPSA) is 82.1 Å². The predicted octanol–water partition coefficient (Wildman–Crippen LogP) is 3.46. The summed E-state index contributed by atoms with van der Waals surface area (Å²) in [5.41, 5.74) is 1.76. The molecule has 1 aliphatic heterocycles. The number of hydrogen-bond donors (Lipinski definition) is 0. The van der Waals surface area contributed by atoms with E-state index in [1.54, 1.807) is 33.5 Å². The van der Waals surface area contributed by atoms with E-state index in [1.165, 1.54) is 29.2 Å². The minimum atomic E-state index is -3.74. The van der Waals surface area contributed by atoms with Gasteiger partial charge in [0.1, 0.15) is 23.0 Å². The summed E-state index contributed by atoms with van der Waals surface area (Å²) in [7, 11) is 0.956. The average Bonchev–Trinajstić information content (AvgIpc) is 2.78. The minimum Gasteiger partial charge on any atom is -0.496 e. The molecule has 1 aliphatic rings. The molecule has 0 aliphatic carbocycles. The smallest absolute Gasteiger partial charge is 0.238 e. The lowest BCUT2D eigenvalue weighted by atomic mass is 9.97. The first-order chi connectivity index (χ1) is 14.8. The molecule has 2 aromatic rings. The molecule has 0 aromatic heterocycles. The maximum atomic E-state index is 12.7. The fraction of sp³-hybridized carbons (Fsp3) is 0.318. The summed E-state index contributed by atoms with van der Waals surface area (Å²) in [6.07, 6.45) is 2.43. The Bertz CT molecular complexity index is 1070. The van der Waals surface area contributed by atoms with Gasteiger partial charge in [-0.05, 0) is 36.3 Å². The molecular formula is C22H24ClNO6S. The van der Waals surface area contributed by atoms with Crippen LogP contribution in [0, 0.1) is 0 Å². The molecule has 0 bridgehead atoms. The number of ether oxygens (including phenoxy) is 3. The van der Waals surface area contributed by atoms with Crippen LogP contribution >= 0.6 is 11.6 Å². The largest absolute Gasteiger partial charge is 0.496 e. The molecule has 2 aromatic carbocycles. The number of nitrogens with zero attached hydrogens (tertiary/aromatic N) is 1. The molecule has 0 saturated heterocycles. The van der Waals surface area contributed by atoms with E-state index in [0.29, 0.717) is 41.8 Å². The van der Waals surface area contributed by atoms with Gasteiger partial charge in [-0.2, -0.15) is 0 Å². The molecule has 0 fully saturated rings. The first kappa shape index (κ1) is 23.0. The van der Waals surface area contributed by atoms with Crippen molar-refractivity contribution >= 4 is 32.9 Å². The van der Waals surface area contributed by atoms with Crippen LogP contribution in [0.5, 0.6) is 17.2 Å². The van der Waals surface area contributed by atoms with E-state index < -0.39 is 21.5 Å². The molecular weight excluding hydrogens is 442 g/mol. The molecule has 31 heavy (non-hydrogen) atoms. The van der Waals surface area contributed by atoms with E-state index in [4.69, 9.17) is 25.8 Å². The van der Waals surface area contributed by atoms with Crippen LogP contribution in [0.4, 0.5) is 0 Å². The van der Waals surface area contributed by atoms with Gasteiger partial charge in [-0.15, -0.1) is 0 Å². The second-order valence-electron chi connectivity index (χ2n) is 6.94. The highest BCUT2D eigenvalue weighted by Gasteiger charge is 2.26. The Hall–Kier alpha value is -2.71. The summed E-state index contributed by atoms with van der Waals surface area (Å²) < 4.78 is 41.4. The third-order valence-corrected chi connectivity index (χ3v) is 6.95. The zero-order valence-electron chi connectivity index (χ0n) is 17.6. The quantitative estimate of drug-likeness (QED) is 0.622. The number of sulfone groups is 1. The summed E-state index contributed by atoms with van der Waals surface area (Å²) in [5, 5.41) is 0.434. The van der Waals surface area contributed by atoms with Gasteiger partial charge in [0.15, 0.2) is 9.84 Å². The van der Waals surface area contributed by atoms with Gasteiger partial charge in [-0.25, -0.2) is 8.42 Å². The van der Waals surface area contributed by atoms with Crippen molar-refractivity contribution in [1.29, 1.82) is 0 Å². The van der Waals surface area contributed by atoms with Crippen molar-refractivity contribution in [2.45, 2.75) is 11.3 Å². The number of rotatable bonds is 7. The predicted molar refractivity (Wildman–Crippen MR) is 119 cm³/mol. The second kappa shape index (κ2) is 9.62. The Balaban J connectivity index is 1.77. The summed E-state index contributed by atoms with van der Waals surface area (Å²) in [6, 6.07) is 9.33. The van der Waals surface area contributed by atoms with Crippen molar-refractivity contribution in [3.63, 3.8) is 0 Å². The van der Waals surface area contributed by atoms with Crippen molar-refractivity contribution in [3.8, 4) is 17.2 Å². The lowest BCUT2D eigenvalue weighted by Crippen LogP contribution is -2.38. The summed E-state index contributed by atoms with van der Waals surface area (Å²) in [4.78, 5) is 14.3. The van der Waals surface area contributed by atoms with Crippen molar-refractivity contribution in [1.82, 2.24) is 4.90 Å². The molecule has 0 saturated carbocycles. The first-order valence-corrected chi connectivity index (χ1v) is 11.6. The maximum Gasteiger partial charge on any atom is 0.238 e. The number of benzene rings is 2. The SMILES string of the molecule is COc1cc(OC)c(C2=CCN(C(=O)CS(=O)(=O)c3ccc(Cl)cc3)CC2)c(OC)c1. The van der Waals surface area contributed by atoms with Crippen molar-refractivity contribution in [3.05, 3.63) is 53.1 Å². The third kappa shape index (κ3) is 5.14. The highest BCUT2D eigenvalue weighted by Crippen LogP contribution is 2.40. The van der Waals surface area contributed by atoms with Crippen LogP contribution in [0.15, 0.2) is 47.4 Å². The molecule has 0 unspecified atom stereocenters. The fourth-order valence-electron chi connectivity index (χ4n) is 3.42. The highest BCUT2D eigenvalue weighted by atomic mass is 35.5.